The molecule has 0 N–H and O–H groups in total. The Labute approximate surface area is 113 Å². The summed E-state index contributed by atoms with van der Waals surface area (Å²) < 4.78 is 2.01. The van der Waals surface area contributed by atoms with Crippen molar-refractivity contribution in [2.45, 2.75) is 19.6 Å². The molecule has 0 saturated carbocycles. The number of pyridine rings is 1. The summed E-state index contributed by atoms with van der Waals surface area (Å²) in [6.07, 6.45) is 0. The van der Waals surface area contributed by atoms with Crippen molar-refractivity contribution in [3.63, 3.8) is 0 Å². The zero-order valence-electron chi connectivity index (χ0n) is 11.5. The van der Waals surface area contributed by atoms with Crippen LogP contribution in [0, 0.1) is 0 Å². The summed E-state index contributed by atoms with van der Waals surface area (Å²) in [4.78, 5) is 0. The monoisotopic (exact) mass is 267 g/mol. The molecule has 96 valence electrons. The lowest BCUT2D eigenvalue weighted by molar-refractivity contribution is 0.872. The summed E-state index contributed by atoms with van der Waals surface area (Å²) >= 11 is 0. The second kappa shape index (κ2) is 4.31. The van der Waals surface area contributed by atoms with Gasteiger partial charge in [0.25, 0.3) is 0 Å². The summed E-state index contributed by atoms with van der Waals surface area (Å²) in [7, 11) is -1.42. The van der Waals surface area contributed by atoms with E-state index in [-0.39, 0.29) is 0 Å². The van der Waals surface area contributed by atoms with Crippen molar-refractivity contribution in [1.29, 1.82) is 0 Å². The minimum atomic E-state index is -1.42. The van der Waals surface area contributed by atoms with Gasteiger partial charge in [-0.2, -0.15) is 0 Å². The molecule has 0 aliphatic rings. The summed E-state index contributed by atoms with van der Waals surface area (Å²) in [5.74, 6) is 0. The molecule has 1 aromatic carbocycles. The molecular formula is C15H17N3Si. The third-order valence-corrected chi connectivity index (χ3v) is 5.17. The molecule has 4 heteroatoms. The minimum absolute atomic E-state index is 0.959. The molecule has 0 atom stereocenters. The molecule has 0 unspecified atom stereocenters. The largest absolute Gasteiger partial charge is 0.221 e. The van der Waals surface area contributed by atoms with Crippen LogP contribution in [0.2, 0.25) is 19.6 Å². The van der Waals surface area contributed by atoms with Crippen LogP contribution in [-0.2, 0) is 0 Å². The van der Waals surface area contributed by atoms with Crippen molar-refractivity contribution in [3.8, 4) is 11.3 Å². The van der Waals surface area contributed by atoms with E-state index in [9.17, 15) is 0 Å². The summed E-state index contributed by atoms with van der Waals surface area (Å²) in [5.41, 5.74) is 3.16. The molecule has 0 bridgehead atoms. The van der Waals surface area contributed by atoms with Crippen molar-refractivity contribution in [2.24, 2.45) is 0 Å². The number of rotatable bonds is 2. The SMILES string of the molecule is C[Si](C)(C)c1cccc2c(-c3ccccc3)nnn12. The smallest absolute Gasteiger partial charge is 0.120 e. The Morgan fingerprint density at radius 2 is 1.63 bits per heavy atom. The van der Waals surface area contributed by atoms with E-state index in [1.165, 1.54) is 5.32 Å². The molecule has 3 aromatic rings. The lowest BCUT2D eigenvalue weighted by atomic mass is 10.1. The maximum absolute atomic E-state index is 4.37. The second-order valence-electron chi connectivity index (χ2n) is 5.76. The maximum Gasteiger partial charge on any atom is 0.120 e. The third kappa shape index (κ3) is 2.08. The molecule has 2 aromatic heterocycles. The highest BCUT2D eigenvalue weighted by Gasteiger charge is 2.21. The van der Waals surface area contributed by atoms with E-state index in [0.717, 1.165) is 16.8 Å². The van der Waals surface area contributed by atoms with Crippen LogP contribution in [-0.4, -0.2) is 22.9 Å². The van der Waals surface area contributed by atoms with Crippen molar-refractivity contribution in [3.05, 3.63) is 48.5 Å². The first-order valence-corrected chi connectivity index (χ1v) is 9.98. The number of aromatic nitrogens is 3. The minimum Gasteiger partial charge on any atom is -0.221 e. The van der Waals surface area contributed by atoms with Crippen LogP contribution in [0.25, 0.3) is 16.8 Å². The van der Waals surface area contributed by atoms with Crippen molar-refractivity contribution in [1.82, 2.24) is 14.8 Å². The summed E-state index contributed by atoms with van der Waals surface area (Å²) in [5, 5.41) is 10.0. The fourth-order valence-corrected chi connectivity index (χ4v) is 3.68. The van der Waals surface area contributed by atoms with E-state index in [2.05, 4.69) is 60.3 Å². The van der Waals surface area contributed by atoms with Crippen LogP contribution < -0.4 is 5.32 Å². The molecule has 0 radical (unpaired) electrons. The van der Waals surface area contributed by atoms with Gasteiger partial charge in [-0.1, -0.05) is 61.3 Å². The number of fused-ring (bicyclic) bond motifs is 1. The fraction of sp³-hybridized carbons (Fsp3) is 0.200. The Bertz CT molecular complexity index is 711. The van der Waals surface area contributed by atoms with Crippen LogP contribution in [0.3, 0.4) is 0 Å². The normalized spacial score (nSPS) is 11.9. The van der Waals surface area contributed by atoms with Gasteiger partial charge in [0.05, 0.1) is 5.52 Å². The van der Waals surface area contributed by atoms with Crippen molar-refractivity contribution >= 4 is 18.9 Å². The average molecular weight is 267 g/mol. The zero-order chi connectivity index (χ0) is 13.5. The Balaban J connectivity index is 2.26. The van der Waals surface area contributed by atoms with Gasteiger partial charge in [-0.15, -0.1) is 5.10 Å². The predicted octanol–water partition coefficient (Wildman–Crippen LogP) is 2.94. The van der Waals surface area contributed by atoms with Gasteiger partial charge in [-0.3, -0.25) is 0 Å². The average Bonchev–Trinajstić information content (AvgIpc) is 2.82. The highest BCUT2D eigenvalue weighted by atomic mass is 28.3. The van der Waals surface area contributed by atoms with Gasteiger partial charge >= 0.3 is 0 Å². The van der Waals surface area contributed by atoms with Crippen LogP contribution in [0.5, 0.6) is 0 Å². The number of nitrogens with zero attached hydrogens (tertiary/aromatic N) is 3. The molecule has 0 fully saturated rings. The Morgan fingerprint density at radius 3 is 2.32 bits per heavy atom. The molecule has 0 aliphatic carbocycles. The van der Waals surface area contributed by atoms with Crippen LogP contribution in [0.1, 0.15) is 0 Å². The molecule has 0 saturated heterocycles. The molecular weight excluding hydrogens is 250 g/mol. The standard InChI is InChI=1S/C15H17N3Si/c1-19(2,3)14-11-7-10-13-15(16-17-18(13)14)12-8-5-4-6-9-12/h4-11H,1-3H3. The van der Waals surface area contributed by atoms with Gasteiger partial charge in [0.1, 0.15) is 13.8 Å². The molecule has 0 aliphatic heterocycles. The van der Waals surface area contributed by atoms with E-state index in [1.54, 1.807) is 0 Å². The highest BCUT2D eigenvalue weighted by Crippen LogP contribution is 2.21. The van der Waals surface area contributed by atoms with Gasteiger partial charge in [0.15, 0.2) is 0 Å². The molecule has 19 heavy (non-hydrogen) atoms. The van der Waals surface area contributed by atoms with Crippen LogP contribution in [0.15, 0.2) is 48.5 Å². The van der Waals surface area contributed by atoms with Crippen molar-refractivity contribution in [2.75, 3.05) is 0 Å². The molecule has 2 heterocycles. The first-order valence-electron chi connectivity index (χ1n) is 6.48. The topological polar surface area (TPSA) is 30.2 Å². The quantitative estimate of drug-likeness (QED) is 0.668. The molecule has 0 amide bonds. The van der Waals surface area contributed by atoms with Gasteiger partial charge in [0.2, 0.25) is 0 Å². The highest BCUT2D eigenvalue weighted by molar-refractivity contribution is 6.88. The number of benzene rings is 1. The lowest BCUT2D eigenvalue weighted by Gasteiger charge is -2.17. The van der Waals surface area contributed by atoms with E-state index in [4.69, 9.17) is 0 Å². The first-order chi connectivity index (χ1) is 9.07. The van der Waals surface area contributed by atoms with Crippen molar-refractivity contribution < 1.29 is 0 Å². The predicted molar refractivity (Wildman–Crippen MR) is 81.4 cm³/mol. The lowest BCUT2D eigenvalue weighted by Crippen LogP contribution is -2.42. The van der Waals surface area contributed by atoms with Gasteiger partial charge in [-0.25, -0.2) is 4.52 Å². The second-order valence-corrected chi connectivity index (χ2v) is 10.8. The van der Waals surface area contributed by atoms with Gasteiger partial charge in [0, 0.05) is 10.9 Å². The third-order valence-electron chi connectivity index (χ3n) is 3.26. The Kier molecular flexibility index (Phi) is 2.75. The fourth-order valence-electron chi connectivity index (χ4n) is 2.29. The number of hydrogen-bond acceptors (Lipinski definition) is 2. The van der Waals surface area contributed by atoms with Crippen LogP contribution >= 0.6 is 0 Å². The van der Waals surface area contributed by atoms with E-state index in [0.29, 0.717) is 0 Å². The van der Waals surface area contributed by atoms with Crippen LogP contribution in [0.4, 0.5) is 0 Å². The first kappa shape index (κ1) is 12.1. The Hall–Kier alpha value is -1.94. The zero-order valence-corrected chi connectivity index (χ0v) is 12.5. The number of hydrogen-bond donors (Lipinski definition) is 0. The van der Waals surface area contributed by atoms with Gasteiger partial charge < -0.3 is 0 Å². The molecule has 3 rings (SSSR count). The molecule has 3 nitrogen and oxygen atoms in total. The van der Waals surface area contributed by atoms with E-state index in [1.807, 2.05) is 22.7 Å². The maximum atomic E-state index is 4.37. The van der Waals surface area contributed by atoms with E-state index < -0.39 is 8.07 Å². The summed E-state index contributed by atoms with van der Waals surface area (Å²) in [6.45, 7) is 6.98. The van der Waals surface area contributed by atoms with E-state index >= 15 is 0 Å². The summed E-state index contributed by atoms with van der Waals surface area (Å²) in [6, 6.07) is 16.6. The van der Waals surface area contributed by atoms with Gasteiger partial charge in [-0.05, 0) is 12.1 Å². The Morgan fingerprint density at radius 1 is 0.895 bits per heavy atom. The molecule has 0 spiro atoms.